The van der Waals surface area contributed by atoms with Crippen molar-refractivity contribution in [2.45, 2.75) is 22.6 Å². The van der Waals surface area contributed by atoms with Crippen LogP contribution in [0.25, 0.3) is 0 Å². The van der Waals surface area contributed by atoms with E-state index in [1.807, 2.05) is 0 Å². The van der Waals surface area contributed by atoms with Crippen LogP contribution >= 0.6 is 34.8 Å². The van der Waals surface area contributed by atoms with Gasteiger partial charge >= 0.3 is 12.4 Å². The summed E-state index contributed by atoms with van der Waals surface area (Å²) in [6.07, 6.45) is -10.2. The summed E-state index contributed by atoms with van der Waals surface area (Å²) in [6.45, 7) is 0. The molecule has 1 fully saturated rings. The number of carbonyl (C=O) groups is 2. The molecule has 3 aromatic carbocycles. The van der Waals surface area contributed by atoms with E-state index in [0.29, 0.717) is 12.1 Å². The molecule has 39 heavy (non-hydrogen) atoms. The second-order valence-corrected chi connectivity index (χ2v) is 10.5. The van der Waals surface area contributed by atoms with Crippen LogP contribution in [0, 0.1) is 11.7 Å². The summed E-state index contributed by atoms with van der Waals surface area (Å²) in [5.41, 5.74) is -3.49. The van der Waals surface area contributed by atoms with E-state index in [9.17, 15) is 40.3 Å². The fourth-order valence-electron chi connectivity index (χ4n) is 3.95. The second kappa shape index (κ2) is 10.2. The minimum atomic E-state index is -5.10. The number of hydrogen-bond donors (Lipinski definition) is 2. The van der Waals surface area contributed by atoms with Crippen LogP contribution in [0.3, 0.4) is 0 Å². The lowest BCUT2D eigenvalue weighted by Gasteiger charge is -2.14. The molecule has 0 spiro atoms. The normalized spacial score (nSPS) is 18.4. The van der Waals surface area contributed by atoms with Gasteiger partial charge in [0.2, 0.25) is 5.91 Å². The van der Waals surface area contributed by atoms with Crippen LogP contribution in [0.2, 0.25) is 5.02 Å². The van der Waals surface area contributed by atoms with Gasteiger partial charge in [-0.05, 0) is 66.2 Å². The highest BCUT2D eigenvalue weighted by Crippen LogP contribution is 2.65. The van der Waals surface area contributed by atoms with Gasteiger partial charge in [0, 0.05) is 17.3 Å². The Kier molecular flexibility index (Phi) is 7.57. The van der Waals surface area contributed by atoms with Crippen molar-refractivity contribution in [3.63, 3.8) is 0 Å². The first-order chi connectivity index (χ1) is 18.0. The highest BCUT2D eigenvalue weighted by Gasteiger charge is 2.68. The molecule has 4 rings (SSSR count). The van der Waals surface area contributed by atoms with Gasteiger partial charge in [-0.15, -0.1) is 23.2 Å². The Hall–Kier alpha value is -3.02. The number of nitrogens with one attached hydrogen (secondary N) is 2. The topological polar surface area (TPSA) is 58.2 Å². The molecule has 206 valence electrons. The summed E-state index contributed by atoms with van der Waals surface area (Å²) in [4.78, 5) is 25.6. The van der Waals surface area contributed by atoms with Crippen molar-refractivity contribution in [2.24, 2.45) is 5.92 Å². The first-order valence-corrected chi connectivity index (χ1v) is 12.0. The van der Waals surface area contributed by atoms with Crippen molar-refractivity contribution in [2.75, 3.05) is 10.6 Å². The van der Waals surface area contributed by atoms with Gasteiger partial charge in [-0.2, -0.15) is 26.3 Å². The zero-order chi connectivity index (χ0) is 28.9. The second-order valence-electron chi connectivity index (χ2n) is 8.61. The third-order valence-electron chi connectivity index (χ3n) is 5.89. The Morgan fingerprint density at radius 2 is 1.31 bits per heavy atom. The molecule has 2 atom stereocenters. The lowest BCUT2D eigenvalue weighted by Crippen LogP contribution is -2.18. The van der Waals surface area contributed by atoms with Crippen molar-refractivity contribution >= 4 is 58.0 Å². The van der Waals surface area contributed by atoms with Crippen LogP contribution in [-0.2, 0) is 17.1 Å². The van der Waals surface area contributed by atoms with Gasteiger partial charge in [-0.1, -0.05) is 11.6 Å². The van der Waals surface area contributed by atoms with Crippen LogP contribution in [0.1, 0.15) is 33.0 Å². The summed E-state index contributed by atoms with van der Waals surface area (Å²) >= 11 is 18.4. The third-order valence-corrected chi connectivity index (χ3v) is 7.16. The Morgan fingerprint density at radius 1 is 0.769 bits per heavy atom. The molecule has 4 nitrogen and oxygen atoms in total. The highest BCUT2D eigenvalue weighted by molar-refractivity contribution is 6.53. The Balaban J connectivity index is 1.57. The molecular weight excluding hydrogens is 600 g/mol. The number of alkyl halides is 8. The predicted molar refractivity (Wildman–Crippen MR) is 132 cm³/mol. The molecule has 2 amide bonds. The quantitative estimate of drug-likeness (QED) is 0.225. The number of rotatable bonds is 5. The van der Waals surface area contributed by atoms with Crippen LogP contribution in [0.15, 0.2) is 60.7 Å². The zero-order valence-corrected chi connectivity index (χ0v) is 21.3. The van der Waals surface area contributed by atoms with E-state index in [1.54, 1.807) is 0 Å². The lowest BCUT2D eigenvalue weighted by atomic mass is 10.0. The molecule has 2 unspecified atom stereocenters. The number of benzene rings is 3. The van der Waals surface area contributed by atoms with Gasteiger partial charge in [0.15, 0.2) is 0 Å². The fourth-order valence-corrected chi connectivity index (χ4v) is 4.99. The molecule has 3 aromatic rings. The molecule has 14 heteroatoms. The van der Waals surface area contributed by atoms with Gasteiger partial charge in [0.05, 0.1) is 27.6 Å². The molecule has 0 saturated heterocycles. The van der Waals surface area contributed by atoms with E-state index < -0.39 is 62.8 Å². The van der Waals surface area contributed by atoms with Gasteiger partial charge in [-0.3, -0.25) is 9.59 Å². The van der Waals surface area contributed by atoms with Gasteiger partial charge in [-0.25, -0.2) is 4.39 Å². The minimum Gasteiger partial charge on any atom is -0.326 e. The van der Waals surface area contributed by atoms with Crippen molar-refractivity contribution in [1.29, 1.82) is 0 Å². The average Bonchev–Trinajstić information content (AvgIpc) is 3.42. The maximum atomic E-state index is 13.3. The van der Waals surface area contributed by atoms with Crippen molar-refractivity contribution in [3.8, 4) is 0 Å². The number of anilines is 2. The predicted octanol–water partition coefficient (Wildman–Crippen LogP) is 8.29. The summed E-state index contributed by atoms with van der Waals surface area (Å²) in [7, 11) is 0. The molecule has 0 aliphatic heterocycles. The standard InChI is InChI=1S/C25H14Cl3F7N2O2/c26-18-6-5-16(10-17(18)21(38)36-15-3-1-14(29)2-4-15)37-22(39)20-19(23(20,27)28)11-7-12(24(30,31)32)9-13(8-11)25(33,34)35/h1-10,19-20H,(H,36,38)(H,37,39). The van der Waals surface area contributed by atoms with Crippen molar-refractivity contribution < 1.29 is 40.3 Å². The molecule has 1 aliphatic carbocycles. The minimum absolute atomic E-state index is 0.00964. The highest BCUT2D eigenvalue weighted by atomic mass is 35.5. The number of amides is 2. The van der Waals surface area contributed by atoms with Gasteiger partial charge in [0.25, 0.3) is 5.91 Å². The molecule has 1 saturated carbocycles. The molecular formula is C25H14Cl3F7N2O2. The van der Waals surface area contributed by atoms with Crippen LogP contribution in [0.4, 0.5) is 42.1 Å². The van der Waals surface area contributed by atoms with E-state index in [2.05, 4.69) is 10.6 Å². The van der Waals surface area contributed by atoms with Crippen LogP contribution in [-0.4, -0.2) is 16.1 Å². The largest absolute Gasteiger partial charge is 0.416 e. The number of carbonyl (C=O) groups excluding carboxylic acids is 2. The number of hydrogen-bond acceptors (Lipinski definition) is 2. The van der Waals surface area contributed by atoms with Crippen molar-refractivity contribution in [1.82, 2.24) is 0 Å². The molecule has 0 bridgehead atoms. The Bertz CT molecular complexity index is 1410. The summed E-state index contributed by atoms with van der Waals surface area (Å²) < 4.78 is 90.7. The van der Waals surface area contributed by atoms with Crippen molar-refractivity contribution in [3.05, 3.63) is 93.8 Å². The zero-order valence-electron chi connectivity index (χ0n) is 19.0. The third kappa shape index (κ3) is 6.26. The SMILES string of the molecule is O=C(Nc1ccc(F)cc1)c1cc(NC(=O)C2C(c3cc(C(F)(F)F)cc(C(F)(F)F)c3)C2(Cl)Cl)ccc1Cl. The van der Waals surface area contributed by atoms with Crippen LogP contribution in [0.5, 0.6) is 0 Å². The summed E-state index contributed by atoms with van der Waals surface area (Å²) in [5.74, 6) is -4.96. The smallest absolute Gasteiger partial charge is 0.326 e. The molecule has 1 aliphatic rings. The van der Waals surface area contributed by atoms with Gasteiger partial charge < -0.3 is 10.6 Å². The fraction of sp³-hybridized carbons (Fsp3) is 0.200. The first-order valence-electron chi connectivity index (χ1n) is 10.8. The van der Waals surface area contributed by atoms with E-state index in [4.69, 9.17) is 34.8 Å². The maximum absolute atomic E-state index is 13.3. The van der Waals surface area contributed by atoms with Crippen LogP contribution < -0.4 is 10.6 Å². The van der Waals surface area contributed by atoms with Gasteiger partial charge in [0.1, 0.15) is 10.2 Å². The van der Waals surface area contributed by atoms with E-state index in [0.717, 1.165) is 12.1 Å². The molecule has 2 N–H and O–H groups in total. The first kappa shape index (κ1) is 29.0. The van der Waals surface area contributed by atoms with E-state index in [1.165, 1.54) is 30.3 Å². The monoisotopic (exact) mass is 612 g/mol. The molecule has 0 radical (unpaired) electrons. The van der Waals surface area contributed by atoms with E-state index in [-0.39, 0.29) is 28.0 Å². The number of halogens is 10. The summed E-state index contributed by atoms with van der Waals surface area (Å²) in [5, 5.41) is 4.88. The van der Waals surface area contributed by atoms with E-state index >= 15 is 0 Å². The lowest BCUT2D eigenvalue weighted by molar-refractivity contribution is -0.143. The Morgan fingerprint density at radius 3 is 1.85 bits per heavy atom. The molecule has 0 heterocycles. The maximum Gasteiger partial charge on any atom is 0.416 e. The molecule has 0 aromatic heterocycles. The summed E-state index contributed by atoms with van der Waals surface area (Å²) in [6, 6.07) is 9.50. The Labute approximate surface area is 231 Å². The average molecular weight is 614 g/mol.